The lowest BCUT2D eigenvalue weighted by Gasteiger charge is -2.26. The Morgan fingerprint density at radius 2 is 1.82 bits per heavy atom. The summed E-state index contributed by atoms with van der Waals surface area (Å²) < 4.78 is 1.41. The van der Waals surface area contributed by atoms with Crippen LogP contribution in [0.15, 0.2) is 15.7 Å². The third-order valence-corrected chi connectivity index (χ3v) is 5.41. The lowest BCUT2D eigenvalue weighted by molar-refractivity contribution is 0.0736. The molecule has 7 heteroatoms. The van der Waals surface area contributed by atoms with Gasteiger partial charge < -0.3 is 4.90 Å². The van der Waals surface area contributed by atoms with Gasteiger partial charge >= 0.3 is 5.69 Å². The molecule has 0 bridgehead atoms. The van der Waals surface area contributed by atoms with Crippen molar-refractivity contribution in [2.45, 2.75) is 66.8 Å². The highest BCUT2D eigenvalue weighted by molar-refractivity contribution is 6.05. The third kappa shape index (κ3) is 4.18. The Morgan fingerprint density at radius 3 is 2.32 bits per heavy atom. The lowest BCUT2D eigenvalue weighted by Crippen LogP contribution is -2.37. The fraction of sp³-hybridized carbons (Fsp3) is 0.619. The number of carbonyl (C=O) groups is 1. The Labute approximate surface area is 165 Å². The molecular weight excluding hydrogens is 356 g/mol. The molecule has 0 aliphatic heterocycles. The quantitative estimate of drug-likeness (QED) is 0.752. The van der Waals surface area contributed by atoms with Crippen molar-refractivity contribution in [1.29, 1.82) is 0 Å². The monoisotopic (exact) mass is 388 g/mol. The molecule has 2 rings (SSSR count). The molecule has 0 fully saturated rings. The number of nitrogens with one attached hydrogen (secondary N) is 1. The van der Waals surface area contributed by atoms with Gasteiger partial charge in [-0.25, -0.2) is 9.78 Å². The van der Waals surface area contributed by atoms with Crippen molar-refractivity contribution < 1.29 is 4.79 Å². The number of rotatable bonds is 8. The molecule has 0 unspecified atom stereocenters. The van der Waals surface area contributed by atoms with Crippen molar-refractivity contribution in [3.63, 3.8) is 0 Å². The lowest BCUT2D eigenvalue weighted by atomic mass is 10.0. The van der Waals surface area contributed by atoms with Gasteiger partial charge in [0.1, 0.15) is 0 Å². The molecule has 154 valence electrons. The highest BCUT2D eigenvalue weighted by atomic mass is 16.2. The van der Waals surface area contributed by atoms with Gasteiger partial charge in [0, 0.05) is 25.3 Å². The molecular formula is C21H32N4O3. The van der Waals surface area contributed by atoms with E-state index in [1.54, 1.807) is 11.0 Å². The molecule has 2 aromatic rings. The minimum absolute atomic E-state index is 0.0600. The van der Waals surface area contributed by atoms with Gasteiger partial charge in [-0.15, -0.1) is 0 Å². The zero-order chi connectivity index (χ0) is 21.0. The molecule has 0 atom stereocenters. The van der Waals surface area contributed by atoms with E-state index in [4.69, 9.17) is 0 Å². The molecule has 0 saturated heterocycles. The Kier molecular flexibility index (Phi) is 7.16. The zero-order valence-corrected chi connectivity index (χ0v) is 17.8. The van der Waals surface area contributed by atoms with E-state index in [2.05, 4.69) is 23.8 Å². The number of hydrogen-bond donors (Lipinski definition) is 1. The van der Waals surface area contributed by atoms with Crippen LogP contribution in [0.1, 0.15) is 76.4 Å². The van der Waals surface area contributed by atoms with Gasteiger partial charge in [-0.1, -0.05) is 40.5 Å². The van der Waals surface area contributed by atoms with E-state index in [1.807, 2.05) is 27.7 Å². The molecule has 0 aromatic carbocycles. The first-order valence-corrected chi connectivity index (χ1v) is 10.3. The maximum Gasteiger partial charge on any atom is 0.329 e. The van der Waals surface area contributed by atoms with Gasteiger partial charge in [-0.3, -0.25) is 19.1 Å². The van der Waals surface area contributed by atoms with Crippen LogP contribution in [0.4, 0.5) is 0 Å². The van der Waals surface area contributed by atoms with Crippen LogP contribution in [0.25, 0.3) is 11.0 Å². The second kappa shape index (κ2) is 9.17. The molecule has 0 spiro atoms. The summed E-state index contributed by atoms with van der Waals surface area (Å²) in [7, 11) is 0. The number of H-pyrrole nitrogens is 1. The molecule has 2 heterocycles. The van der Waals surface area contributed by atoms with E-state index >= 15 is 0 Å². The number of carbonyl (C=O) groups excluding carboxylic acids is 1. The molecule has 7 nitrogen and oxygen atoms in total. The smallest absolute Gasteiger partial charge is 0.329 e. The van der Waals surface area contributed by atoms with E-state index in [1.165, 1.54) is 4.57 Å². The van der Waals surface area contributed by atoms with Crippen LogP contribution in [0.5, 0.6) is 0 Å². The minimum Gasteiger partial charge on any atom is -0.339 e. The van der Waals surface area contributed by atoms with Crippen molar-refractivity contribution in [2.75, 3.05) is 13.1 Å². The maximum atomic E-state index is 13.4. The standard InChI is InChI=1S/C21H32N4O3/c1-7-14(8-2)12-24(9-3)20(27)15-11-16(13(5)6)22-18-17(15)19(26)23-21(28)25(18)10-4/h11,13-14H,7-10,12H2,1-6H3,(H,23,26,28). The average Bonchev–Trinajstić information content (AvgIpc) is 2.67. The summed E-state index contributed by atoms with van der Waals surface area (Å²) >= 11 is 0. The summed E-state index contributed by atoms with van der Waals surface area (Å²) in [6, 6.07) is 1.71. The molecule has 0 aliphatic rings. The average molecular weight is 389 g/mol. The summed E-state index contributed by atoms with van der Waals surface area (Å²) in [6.07, 6.45) is 1.98. The number of aromatic amines is 1. The van der Waals surface area contributed by atoms with Crippen LogP contribution in [0.3, 0.4) is 0 Å². The van der Waals surface area contributed by atoms with Crippen molar-refractivity contribution in [3.05, 3.63) is 38.2 Å². The first-order chi connectivity index (χ1) is 13.3. The van der Waals surface area contributed by atoms with Crippen LogP contribution >= 0.6 is 0 Å². The van der Waals surface area contributed by atoms with Gasteiger partial charge in [0.15, 0.2) is 5.65 Å². The Balaban J connectivity index is 2.76. The Morgan fingerprint density at radius 1 is 1.18 bits per heavy atom. The van der Waals surface area contributed by atoms with Gasteiger partial charge in [-0.2, -0.15) is 0 Å². The van der Waals surface area contributed by atoms with Gasteiger partial charge in [-0.05, 0) is 31.7 Å². The highest BCUT2D eigenvalue weighted by Crippen LogP contribution is 2.22. The summed E-state index contributed by atoms with van der Waals surface area (Å²) in [5.41, 5.74) is 0.238. The third-order valence-electron chi connectivity index (χ3n) is 5.41. The van der Waals surface area contributed by atoms with Crippen molar-refractivity contribution in [2.24, 2.45) is 5.92 Å². The zero-order valence-electron chi connectivity index (χ0n) is 17.8. The van der Waals surface area contributed by atoms with E-state index < -0.39 is 11.2 Å². The van der Waals surface area contributed by atoms with Gasteiger partial charge in [0.05, 0.1) is 10.9 Å². The second-order valence-electron chi connectivity index (χ2n) is 7.48. The minimum atomic E-state index is -0.561. The fourth-order valence-electron chi connectivity index (χ4n) is 3.44. The maximum absolute atomic E-state index is 13.4. The Hall–Kier alpha value is -2.44. The number of aromatic nitrogens is 3. The summed E-state index contributed by atoms with van der Waals surface area (Å²) in [4.78, 5) is 47.0. The normalized spacial score (nSPS) is 11.6. The summed E-state index contributed by atoms with van der Waals surface area (Å²) in [5.74, 6) is 0.286. The van der Waals surface area contributed by atoms with E-state index in [0.717, 1.165) is 12.8 Å². The number of aryl methyl sites for hydroxylation is 1. The van der Waals surface area contributed by atoms with E-state index in [-0.39, 0.29) is 22.9 Å². The largest absolute Gasteiger partial charge is 0.339 e. The molecule has 0 saturated carbocycles. The van der Waals surface area contributed by atoms with Crippen molar-refractivity contribution in [3.8, 4) is 0 Å². The van der Waals surface area contributed by atoms with Crippen LogP contribution in [0.2, 0.25) is 0 Å². The van der Waals surface area contributed by atoms with Crippen LogP contribution < -0.4 is 11.2 Å². The van der Waals surface area contributed by atoms with Crippen molar-refractivity contribution >= 4 is 16.9 Å². The van der Waals surface area contributed by atoms with E-state index in [0.29, 0.717) is 36.8 Å². The number of hydrogen-bond acceptors (Lipinski definition) is 4. The number of amides is 1. The van der Waals surface area contributed by atoms with Gasteiger partial charge in [0.2, 0.25) is 0 Å². The molecule has 2 aromatic heterocycles. The fourth-order valence-corrected chi connectivity index (χ4v) is 3.44. The van der Waals surface area contributed by atoms with E-state index in [9.17, 15) is 14.4 Å². The second-order valence-corrected chi connectivity index (χ2v) is 7.48. The number of nitrogens with zero attached hydrogens (tertiary/aromatic N) is 3. The van der Waals surface area contributed by atoms with Crippen LogP contribution in [-0.2, 0) is 6.54 Å². The number of pyridine rings is 1. The Bertz CT molecular complexity index is 955. The molecule has 28 heavy (non-hydrogen) atoms. The molecule has 0 aliphatic carbocycles. The molecule has 1 amide bonds. The van der Waals surface area contributed by atoms with Crippen LogP contribution in [0, 0.1) is 5.92 Å². The number of fused-ring (bicyclic) bond motifs is 1. The first-order valence-electron chi connectivity index (χ1n) is 10.3. The van der Waals surface area contributed by atoms with Gasteiger partial charge in [0.25, 0.3) is 11.5 Å². The highest BCUT2D eigenvalue weighted by Gasteiger charge is 2.24. The van der Waals surface area contributed by atoms with Crippen molar-refractivity contribution in [1.82, 2.24) is 19.4 Å². The predicted molar refractivity (Wildman–Crippen MR) is 112 cm³/mol. The molecule has 1 N–H and O–H groups in total. The summed E-state index contributed by atoms with van der Waals surface area (Å²) in [5, 5.41) is 0.193. The SMILES string of the molecule is CCC(CC)CN(CC)C(=O)c1cc(C(C)C)nc2c1c(=O)[nH]c(=O)n2CC. The topological polar surface area (TPSA) is 88.1 Å². The molecule has 0 radical (unpaired) electrons. The van der Waals surface area contributed by atoms with Crippen LogP contribution in [-0.4, -0.2) is 38.4 Å². The summed E-state index contributed by atoms with van der Waals surface area (Å²) in [6.45, 7) is 13.5. The first kappa shape index (κ1) is 21.9. The predicted octanol–water partition coefficient (Wildman–Crippen LogP) is 3.13.